The van der Waals surface area contributed by atoms with Crippen molar-refractivity contribution in [2.24, 2.45) is 0 Å². The van der Waals surface area contributed by atoms with Crippen molar-refractivity contribution < 1.29 is 0 Å². The molecule has 1 fully saturated rings. The number of hydrogen-bond acceptors (Lipinski definition) is 2. The minimum absolute atomic E-state index is 0.0388. The molecule has 4 rings (SSSR count). The van der Waals surface area contributed by atoms with Crippen LogP contribution in [0.15, 0.2) is 52.2 Å². The summed E-state index contributed by atoms with van der Waals surface area (Å²) in [6.07, 6.45) is 4.61. The number of benzene rings is 1. The fourth-order valence-electron chi connectivity index (χ4n) is 3.38. The van der Waals surface area contributed by atoms with Gasteiger partial charge in [0.2, 0.25) is 0 Å². The van der Waals surface area contributed by atoms with E-state index in [-0.39, 0.29) is 23.3 Å². The highest BCUT2D eigenvalue weighted by Crippen LogP contribution is 2.30. The molecule has 5 nitrogen and oxygen atoms in total. The number of nitrogens with zero attached hydrogens (tertiary/aromatic N) is 2. The Hall–Kier alpha value is -2.56. The zero-order valence-electron chi connectivity index (χ0n) is 13.0. The summed E-state index contributed by atoms with van der Waals surface area (Å²) < 4.78 is 3.18. The van der Waals surface area contributed by atoms with Crippen LogP contribution in [0.4, 0.5) is 0 Å². The Balaban J connectivity index is 2.00. The third-order valence-electron chi connectivity index (χ3n) is 4.94. The molecule has 1 aliphatic carbocycles. The SMILES string of the molecule is CC(c1ccccc1)n1c(=O)n(C2CCC2)c(=O)c2[nH]ccc21. The highest BCUT2D eigenvalue weighted by Gasteiger charge is 2.27. The molecule has 1 N–H and O–H groups in total. The van der Waals surface area contributed by atoms with E-state index in [1.54, 1.807) is 10.8 Å². The lowest BCUT2D eigenvalue weighted by molar-refractivity contribution is 0.291. The Bertz CT molecular complexity index is 961. The normalized spacial score (nSPS) is 16.4. The van der Waals surface area contributed by atoms with Crippen LogP contribution in [0, 0.1) is 0 Å². The second kappa shape index (κ2) is 5.26. The molecule has 23 heavy (non-hydrogen) atoms. The molecular formula is C18H19N3O2. The topological polar surface area (TPSA) is 59.8 Å². The van der Waals surface area contributed by atoms with Gasteiger partial charge in [0.1, 0.15) is 5.52 Å². The Morgan fingerprint density at radius 3 is 2.52 bits per heavy atom. The monoisotopic (exact) mass is 309 g/mol. The number of nitrogens with one attached hydrogen (secondary N) is 1. The maximum absolute atomic E-state index is 13.1. The van der Waals surface area contributed by atoms with Gasteiger partial charge in [0.25, 0.3) is 5.56 Å². The van der Waals surface area contributed by atoms with E-state index in [2.05, 4.69) is 4.98 Å². The average Bonchev–Trinajstić information content (AvgIpc) is 2.99. The van der Waals surface area contributed by atoms with Crippen molar-refractivity contribution in [3.63, 3.8) is 0 Å². The molecule has 1 saturated carbocycles. The van der Waals surface area contributed by atoms with E-state index in [1.807, 2.05) is 43.3 Å². The fourth-order valence-corrected chi connectivity index (χ4v) is 3.38. The van der Waals surface area contributed by atoms with E-state index in [0.717, 1.165) is 24.8 Å². The predicted molar refractivity (Wildman–Crippen MR) is 90.0 cm³/mol. The predicted octanol–water partition coefficient (Wildman–Crippen LogP) is 2.83. The number of rotatable bonds is 3. The zero-order valence-corrected chi connectivity index (χ0v) is 13.0. The number of H-pyrrole nitrogens is 1. The summed E-state index contributed by atoms with van der Waals surface area (Å²) in [4.78, 5) is 28.7. The van der Waals surface area contributed by atoms with Crippen molar-refractivity contribution >= 4 is 11.0 Å². The first kappa shape index (κ1) is 14.1. The lowest BCUT2D eigenvalue weighted by Crippen LogP contribution is -2.44. The summed E-state index contributed by atoms with van der Waals surface area (Å²) in [5, 5.41) is 0. The molecule has 0 aliphatic heterocycles. The number of aromatic nitrogens is 3. The molecule has 3 aromatic rings. The van der Waals surface area contributed by atoms with Crippen LogP contribution in [-0.4, -0.2) is 14.1 Å². The molecule has 1 atom stereocenters. The van der Waals surface area contributed by atoms with Crippen LogP contribution in [0.25, 0.3) is 11.0 Å². The van der Waals surface area contributed by atoms with Crippen LogP contribution in [-0.2, 0) is 0 Å². The van der Waals surface area contributed by atoms with Gasteiger partial charge in [-0.05, 0) is 37.8 Å². The minimum atomic E-state index is -0.205. The molecule has 5 heteroatoms. The molecule has 1 unspecified atom stereocenters. The van der Waals surface area contributed by atoms with Crippen LogP contribution in [0.5, 0.6) is 0 Å². The molecular weight excluding hydrogens is 290 g/mol. The first-order valence-corrected chi connectivity index (χ1v) is 8.07. The molecule has 118 valence electrons. The van der Waals surface area contributed by atoms with Gasteiger partial charge in [-0.15, -0.1) is 0 Å². The van der Waals surface area contributed by atoms with E-state index in [0.29, 0.717) is 11.0 Å². The Labute approximate surface area is 133 Å². The molecule has 0 spiro atoms. The summed E-state index contributed by atoms with van der Waals surface area (Å²) in [5.74, 6) is 0. The maximum Gasteiger partial charge on any atom is 0.332 e. The Kier molecular flexibility index (Phi) is 3.22. The highest BCUT2D eigenvalue weighted by molar-refractivity contribution is 5.74. The van der Waals surface area contributed by atoms with Gasteiger partial charge < -0.3 is 4.98 Å². The third kappa shape index (κ3) is 2.07. The lowest BCUT2D eigenvalue weighted by Gasteiger charge is -2.28. The van der Waals surface area contributed by atoms with E-state index >= 15 is 0 Å². The van der Waals surface area contributed by atoms with Gasteiger partial charge in [0, 0.05) is 12.2 Å². The van der Waals surface area contributed by atoms with Gasteiger partial charge in [0.15, 0.2) is 0 Å². The summed E-state index contributed by atoms with van der Waals surface area (Å²) >= 11 is 0. The largest absolute Gasteiger partial charge is 0.355 e. The van der Waals surface area contributed by atoms with Gasteiger partial charge in [-0.2, -0.15) is 0 Å². The van der Waals surface area contributed by atoms with Gasteiger partial charge in [-0.1, -0.05) is 30.3 Å². The number of hydrogen-bond donors (Lipinski definition) is 1. The Morgan fingerprint density at radius 2 is 1.87 bits per heavy atom. The summed E-state index contributed by atoms with van der Waals surface area (Å²) in [6, 6.07) is 11.6. The molecule has 2 aromatic heterocycles. The van der Waals surface area contributed by atoms with Crippen molar-refractivity contribution in [3.8, 4) is 0 Å². The van der Waals surface area contributed by atoms with Gasteiger partial charge >= 0.3 is 5.69 Å². The van der Waals surface area contributed by atoms with Gasteiger partial charge in [0.05, 0.1) is 11.6 Å². The molecule has 0 radical (unpaired) electrons. The second-order valence-corrected chi connectivity index (χ2v) is 6.24. The van der Waals surface area contributed by atoms with Crippen molar-refractivity contribution in [1.29, 1.82) is 0 Å². The Morgan fingerprint density at radius 1 is 1.13 bits per heavy atom. The van der Waals surface area contributed by atoms with Crippen molar-refractivity contribution in [3.05, 3.63) is 69.0 Å². The van der Waals surface area contributed by atoms with Gasteiger partial charge in [-0.3, -0.25) is 13.9 Å². The standard InChI is InChI=1S/C18H19N3O2/c1-12(13-6-3-2-4-7-13)20-15-10-11-19-16(15)17(22)21(18(20)23)14-8-5-9-14/h2-4,6-7,10-12,14,19H,5,8-9H2,1H3. The fraction of sp³-hybridized carbons (Fsp3) is 0.333. The summed E-state index contributed by atoms with van der Waals surface area (Å²) in [7, 11) is 0. The summed E-state index contributed by atoms with van der Waals surface area (Å²) in [5.41, 5.74) is 1.83. The lowest BCUT2D eigenvalue weighted by atomic mass is 9.93. The number of aromatic amines is 1. The van der Waals surface area contributed by atoms with Gasteiger partial charge in [-0.25, -0.2) is 4.79 Å². The van der Waals surface area contributed by atoms with Crippen LogP contribution >= 0.6 is 0 Å². The van der Waals surface area contributed by atoms with E-state index in [4.69, 9.17) is 0 Å². The van der Waals surface area contributed by atoms with Crippen molar-refractivity contribution in [2.45, 2.75) is 38.3 Å². The average molecular weight is 309 g/mol. The first-order valence-electron chi connectivity index (χ1n) is 8.07. The van der Waals surface area contributed by atoms with Crippen LogP contribution < -0.4 is 11.2 Å². The van der Waals surface area contributed by atoms with Crippen LogP contribution in [0.3, 0.4) is 0 Å². The molecule has 1 aliphatic rings. The van der Waals surface area contributed by atoms with Crippen molar-refractivity contribution in [1.82, 2.24) is 14.1 Å². The molecule has 1 aromatic carbocycles. The molecule has 2 heterocycles. The van der Waals surface area contributed by atoms with Crippen LogP contribution in [0.2, 0.25) is 0 Å². The number of fused-ring (bicyclic) bond motifs is 1. The maximum atomic E-state index is 13.1. The zero-order chi connectivity index (χ0) is 16.0. The summed E-state index contributed by atoms with van der Waals surface area (Å²) in [6.45, 7) is 2.00. The van der Waals surface area contributed by atoms with E-state index in [9.17, 15) is 9.59 Å². The molecule has 0 saturated heterocycles. The second-order valence-electron chi connectivity index (χ2n) is 6.24. The molecule has 0 bridgehead atoms. The van der Waals surface area contributed by atoms with Crippen LogP contribution in [0.1, 0.15) is 43.8 Å². The van der Waals surface area contributed by atoms with E-state index in [1.165, 1.54) is 4.57 Å². The third-order valence-corrected chi connectivity index (χ3v) is 4.94. The highest BCUT2D eigenvalue weighted by atomic mass is 16.2. The quantitative estimate of drug-likeness (QED) is 0.808. The van der Waals surface area contributed by atoms with Crippen molar-refractivity contribution in [2.75, 3.05) is 0 Å². The smallest absolute Gasteiger partial charge is 0.332 e. The first-order chi connectivity index (χ1) is 11.2. The molecule has 0 amide bonds. The minimum Gasteiger partial charge on any atom is -0.355 e. The van der Waals surface area contributed by atoms with E-state index < -0.39 is 0 Å².